The van der Waals surface area contributed by atoms with Crippen molar-refractivity contribution in [2.24, 2.45) is 0 Å². The number of ether oxygens (including phenoxy) is 1. The largest absolute Gasteiger partial charge is 0.462 e. The summed E-state index contributed by atoms with van der Waals surface area (Å²) in [4.78, 5) is 27.8. The molecule has 2 aromatic heterocycles. The Morgan fingerprint density at radius 3 is 2.88 bits per heavy atom. The molecule has 0 aliphatic rings. The molecule has 3 rings (SSSR count). The first-order chi connectivity index (χ1) is 12.2. The predicted octanol–water partition coefficient (Wildman–Crippen LogP) is 4.48. The molecule has 0 spiro atoms. The van der Waals surface area contributed by atoms with Crippen molar-refractivity contribution < 1.29 is 18.7 Å². The van der Waals surface area contributed by atoms with Crippen LogP contribution in [0.5, 0.6) is 0 Å². The maximum absolute atomic E-state index is 11.8. The van der Waals surface area contributed by atoms with E-state index in [1.165, 1.54) is 11.8 Å². The van der Waals surface area contributed by atoms with Gasteiger partial charge in [-0.2, -0.15) is 0 Å². The summed E-state index contributed by atoms with van der Waals surface area (Å²) in [5.74, 6) is 0.548. The average Bonchev–Trinajstić information content (AvgIpc) is 3.12. The molecular weight excluding hydrogens is 338 g/mol. The van der Waals surface area contributed by atoms with Crippen LogP contribution in [-0.2, 0) is 4.74 Å². The molecule has 0 N–H and O–H groups in total. The summed E-state index contributed by atoms with van der Waals surface area (Å²) >= 11 is 1.43. The first kappa shape index (κ1) is 17.0. The molecule has 0 unspecified atom stereocenters. The number of furan rings is 1. The Morgan fingerprint density at radius 1 is 1.24 bits per heavy atom. The van der Waals surface area contributed by atoms with E-state index < -0.39 is 0 Å². The van der Waals surface area contributed by atoms with E-state index in [1.807, 2.05) is 24.3 Å². The second-order valence-electron chi connectivity index (χ2n) is 5.05. The van der Waals surface area contributed by atoms with Crippen LogP contribution in [0.2, 0.25) is 0 Å². The van der Waals surface area contributed by atoms with Gasteiger partial charge in [-0.15, -0.1) is 0 Å². The summed E-state index contributed by atoms with van der Waals surface area (Å²) in [5.41, 5.74) is 1.33. The van der Waals surface area contributed by atoms with Gasteiger partial charge in [-0.3, -0.25) is 4.79 Å². The molecule has 126 valence electrons. The Morgan fingerprint density at radius 2 is 2.12 bits per heavy atom. The number of aromatic nitrogens is 1. The number of nitrogens with zero attached hydrogens (tertiary/aromatic N) is 1. The lowest BCUT2D eigenvalue weighted by Crippen LogP contribution is -2.04. The van der Waals surface area contributed by atoms with Crippen LogP contribution in [0.4, 0.5) is 0 Å². The third-order valence-electron chi connectivity index (χ3n) is 3.33. The highest BCUT2D eigenvalue weighted by atomic mass is 32.2. The van der Waals surface area contributed by atoms with E-state index in [1.54, 1.807) is 37.4 Å². The minimum atomic E-state index is -0.363. The number of carbonyl (C=O) groups is 2. The van der Waals surface area contributed by atoms with Crippen molar-refractivity contribution in [3.8, 4) is 11.3 Å². The Bertz CT molecular complexity index is 904. The fraction of sp³-hybridized carbons (Fsp3) is 0.105. The van der Waals surface area contributed by atoms with Crippen LogP contribution in [0.1, 0.15) is 27.8 Å². The Hall–Kier alpha value is -2.86. The second-order valence-corrected chi connectivity index (χ2v) is 6.15. The van der Waals surface area contributed by atoms with Crippen LogP contribution in [0.3, 0.4) is 0 Å². The zero-order valence-electron chi connectivity index (χ0n) is 13.5. The Balaban J connectivity index is 1.81. The van der Waals surface area contributed by atoms with E-state index in [4.69, 9.17) is 9.15 Å². The van der Waals surface area contributed by atoms with E-state index in [0.717, 1.165) is 10.5 Å². The number of pyridine rings is 1. The van der Waals surface area contributed by atoms with Gasteiger partial charge >= 0.3 is 5.97 Å². The normalized spacial score (nSPS) is 10.4. The van der Waals surface area contributed by atoms with Gasteiger partial charge in [-0.25, -0.2) is 9.78 Å². The molecule has 3 aromatic rings. The van der Waals surface area contributed by atoms with Crippen molar-refractivity contribution in [3.63, 3.8) is 0 Å². The summed E-state index contributed by atoms with van der Waals surface area (Å²) in [6.07, 6.45) is 2.26. The summed E-state index contributed by atoms with van der Waals surface area (Å²) in [5, 5.41) is 0.690. The van der Waals surface area contributed by atoms with Gasteiger partial charge in [0.05, 0.1) is 12.2 Å². The third-order valence-corrected chi connectivity index (χ3v) is 4.25. The lowest BCUT2D eigenvalue weighted by molar-refractivity contribution is 0.0525. The van der Waals surface area contributed by atoms with Gasteiger partial charge in [0.1, 0.15) is 10.8 Å². The van der Waals surface area contributed by atoms with Crippen molar-refractivity contribution in [2.75, 3.05) is 6.61 Å². The van der Waals surface area contributed by atoms with Gasteiger partial charge < -0.3 is 9.15 Å². The highest BCUT2D eigenvalue weighted by Crippen LogP contribution is 2.31. The number of esters is 1. The van der Waals surface area contributed by atoms with E-state index >= 15 is 0 Å². The molecule has 0 radical (unpaired) electrons. The molecule has 0 amide bonds. The number of benzene rings is 1. The Labute approximate surface area is 149 Å². The molecule has 0 aliphatic carbocycles. The zero-order valence-corrected chi connectivity index (χ0v) is 14.3. The van der Waals surface area contributed by atoms with E-state index in [9.17, 15) is 9.59 Å². The quantitative estimate of drug-likeness (QED) is 0.481. The SMILES string of the molecule is CCOC(=O)c1ccnc(Sc2cccc(-c3ccc(C=O)o3)c2)c1. The van der Waals surface area contributed by atoms with Crippen LogP contribution >= 0.6 is 11.8 Å². The standard InChI is InChI=1S/C19H15NO4S/c1-2-23-19(22)14-8-9-20-18(11-14)25-16-5-3-4-13(10-16)17-7-6-15(12-21)24-17/h3-12H,2H2,1H3. The summed E-state index contributed by atoms with van der Waals surface area (Å²) in [6, 6.07) is 14.4. The highest BCUT2D eigenvalue weighted by Gasteiger charge is 2.10. The van der Waals surface area contributed by atoms with Crippen molar-refractivity contribution in [1.82, 2.24) is 4.98 Å². The molecule has 0 aliphatic heterocycles. The molecule has 0 saturated heterocycles. The molecule has 0 atom stereocenters. The van der Waals surface area contributed by atoms with Gasteiger partial charge in [0.15, 0.2) is 12.0 Å². The maximum Gasteiger partial charge on any atom is 0.338 e. The van der Waals surface area contributed by atoms with Gasteiger partial charge in [-0.05, 0) is 43.3 Å². The van der Waals surface area contributed by atoms with Crippen molar-refractivity contribution >= 4 is 24.0 Å². The molecule has 0 saturated carbocycles. The molecule has 25 heavy (non-hydrogen) atoms. The summed E-state index contributed by atoms with van der Waals surface area (Å²) < 4.78 is 10.5. The molecule has 2 heterocycles. The fourth-order valence-corrected chi connectivity index (χ4v) is 3.09. The molecule has 6 heteroatoms. The number of carbonyl (C=O) groups excluding carboxylic acids is 2. The van der Waals surface area contributed by atoms with E-state index in [-0.39, 0.29) is 11.7 Å². The maximum atomic E-state index is 11.8. The van der Waals surface area contributed by atoms with E-state index in [2.05, 4.69) is 4.98 Å². The molecule has 0 fully saturated rings. The molecule has 1 aromatic carbocycles. The third kappa shape index (κ3) is 4.16. The molecule has 5 nitrogen and oxygen atoms in total. The topological polar surface area (TPSA) is 69.4 Å². The Kier molecular flexibility index (Phi) is 5.30. The fourth-order valence-electron chi connectivity index (χ4n) is 2.21. The van der Waals surface area contributed by atoms with Crippen molar-refractivity contribution in [1.29, 1.82) is 0 Å². The number of hydrogen-bond donors (Lipinski definition) is 0. The van der Waals surface area contributed by atoms with Gasteiger partial charge in [0.25, 0.3) is 0 Å². The van der Waals surface area contributed by atoms with Crippen LogP contribution in [0.25, 0.3) is 11.3 Å². The lowest BCUT2D eigenvalue weighted by atomic mass is 10.2. The smallest absolute Gasteiger partial charge is 0.338 e. The minimum Gasteiger partial charge on any atom is -0.462 e. The number of aldehydes is 1. The first-order valence-electron chi connectivity index (χ1n) is 7.66. The van der Waals surface area contributed by atoms with Gasteiger partial charge in [0.2, 0.25) is 0 Å². The molecule has 0 bridgehead atoms. The summed E-state index contributed by atoms with van der Waals surface area (Å²) in [7, 11) is 0. The monoisotopic (exact) mass is 353 g/mol. The number of hydrogen-bond acceptors (Lipinski definition) is 6. The van der Waals surface area contributed by atoms with Crippen LogP contribution in [0, 0.1) is 0 Å². The molecular formula is C19H15NO4S. The highest BCUT2D eigenvalue weighted by molar-refractivity contribution is 7.99. The summed E-state index contributed by atoms with van der Waals surface area (Å²) in [6.45, 7) is 2.10. The van der Waals surface area contributed by atoms with Gasteiger partial charge in [-0.1, -0.05) is 23.9 Å². The predicted molar refractivity (Wildman–Crippen MR) is 93.8 cm³/mol. The van der Waals surface area contributed by atoms with Gasteiger partial charge in [0, 0.05) is 16.7 Å². The lowest BCUT2D eigenvalue weighted by Gasteiger charge is -2.05. The van der Waals surface area contributed by atoms with Crippen LogP contribution < -0.4 is 0 Å². The number of rotatable bonds is 6. The van der Waals surface area contributed by atoms with Crippen molar-refractivity contribution in [3.05, 3.63) is 66.1 Å². The van der Waals surface area contributed by atoms with Crippen LogP contribution in [0.15, 0.2) is 69.1 Å². The zero-order chi connectivity index (χ0) is 17.6. The second kappa shape index (κ2) is 7.81. The minimum absolute atomic E-state index is 0.289. The van der Waals surface area contributed by atoms with Crippen LogP contribution in [-0.4, -0.2) is 23.8 Å². The van der Waals surface area contributed by atoms with E-state index in [0.29, 0.717) is 29.2 Å². The average molecular weight is 353 g/mol. The first-order valence-corrected chi connectivity index (χ1v) is 8.47. The van der Waals surface area contributed by atoms with Crippen molar-refractivity contribution in [2.45, 2.75) is 16.8 Å².